The van der Waals surface area contributed by atoms with Crippen LogP contribution in [0.4, 0.5) is 5.69 Å². The summed E-state index contributed by atoms with van der Waals surface area (Å²) in [5.41, 5.74) is 2.43. The normalized spacial score (nSPS) is 14.3. The van der Waals surface area contributed by atoms with Gasteiger partial charge < -0.3 is 20.3 Å². The van der Waals surface area contributed by atoms with E-state index in [0.29, 0.717) is 18.8 Å². The largest absolute Gasteiger partial charge is 0.480 e. The van der Waals surface area contributed by atoms with Crippen LogP contribution in [-0.2, 0) is 16.0 Å². The lowest BCUT2D eigenvalue weighted by atomic mass is 10.1. The van der Waals surface area contributed by atoms with Crippen LogP contribution in [0.3, 0.4) is 0 Å². The summed E-state index contributed by atoms with van der Waals surface area (Å²) in [6.07, 6.45) is 6.06. The molecule has 1 amide bonds. The van der Waals surface area contributed by atoms with E-state index < -0.39 is 17.9 Å². The van der Waals surface area contributed by atoms with Crippen molar-refractivity contribution in [2.45, 2.75) is 37.1 Å². The smallest absolute Gasteiger partial charge is 0.326 e. The van der Waals surface area contributed by atoms with Gasteiger partial charge in [0.05, 0.1) is 6.33 Å². The van der Waals surface area contributed by atoms with Crippen molar-refractivity contribution in [3.8, 4) is 0 Å². The Balaban J connectivity index is 1.99. The van der Waals surface area contributed by atoms with Gasteiger partial charge in [-0.15, -0.1) is 23.2 Å². The topological polar surface area (TPSA) is 98.3 Å². The number of amides is 1. The number of aromatic nitrogens is 2. The predicted molar refractivity (Wildman–Crippen MR) is 120 cm³/mol. The van der Waals surface area contributed by atoms with Gasteiger partial charge in [-0.25, -0.2) is 9.78 Å². The molecule has 2 unspecified atom stereocenters. The third-order valence-corrected chi connectivity index (χ3v) is 4.50. The Morgan fingerprint density at radius 3 is 2.33 bits per heavy atom. The lowest BCUT2D eigenvalue weighted by Gasteiger charge is -2.27. The molecule has 0 spiro atoms. The van der Waals surface area contributed by atoms with E-state index in [9.17, 15) is 14.7 Å². The van der Waals surface area contributed by atoms with Crippen LogP contribution in [0.5, 0.6) is 0 Å². The molecule has 3 N–H and O–H groups in total. The van der Waals surface area contributed by atoms with Crippen LogP contribution in [0, 0.1) is 0 Å². The highest BCUT2D eigenvalue weighted by Crippen LogP contribution is 2.19. The van der Waals surface area contributed by atoms with Crippen LogP contribution in [0.2, 0.25) is 0 Å². The molecule has 7 nitrogen and oxygen atoms in total. The van der Waals surface area contributed by atoms with E-state index in [0.717, 1.165) is 11.3 Å². The number of nitrogens with one attached hydrogen (secondary N) is 2. The van der Waals surface area contributed by atoms with E-state index in [4.69, 9.17) is 23.2 Å². The third-order valence-electron chi connectivity index (χ3n) is 4.22. The molecule has 1 heterocycles. The van der Waals surface area contributed by atoms with E-state index in [1.54, 1.807) is 6.08 Å². The van der Waals surface area contributed by atoms with Gasteiger partial charge >= 0.3 is 5.97 Å². The number of benzene rings is 1. The molecule has 3 atom stereocenters. The second-order valence-electron chi connectivity index (χ2n) is 7.07. The fraction of sp³-hybridized carbons (Fsp3) is 0.381. The molecule has 0 fully saturated rings. The molecule has 0 bridgehead atoms. The summed E-state index contributed by atoms with van der Waals surface area (Å²) >= 11 is 12.3. The maximum Gasteiger partial charge on any atom is 0.326 e. The SMILES string of the molecule is CC(Cl)CN(CC(C)Cl)c1ccc(C=CC(=O)N[C@@H](Cc2cnc[nH]2)C(=O)O)cc1. The number of imidazole rings is 1. The Hall–Kier alpha value is -2.51. The molecule has 0 saturated carbocycles. The van der Waals surface area contributed by atoms with Crippen LogP contribution < -0.4 is 10.2 Å². The van der Waals surface area contributed by atoms with E-state index in [-0.39, 0.29) is 17.2 Å². The number of nitrogens with zero attached hydrogens (tertiary/aromatic N) is 2. The van der Waals surface area contributed by atoms with E-state index in [1.165, 1.54) is 18.6 Å². The van der Waals surface area contributed by atoms with Crippen molar-refractivity contribution in [2.75, 3.05) is 18.0 Å². The molecular weight excluding hydrogens is 427 g/mol. The first-order valence-electron chi connectivity index (χ1n) is 9.56. The summed E-state index contributed by atoms with van der Waals surface area (Å²) in [6, 6.07) is 6.59. The Morgan fingerprint density at radius 1 is 1.20 bits per heavy atom. The van der Waals surface area contributed by atoms with Crippen LogP contribution in [-0.4, -0.2) is 56.8 Å². The quantitative estimate of drug-likeness (QED) is 0.358. The van der Waals surface area contributed by atoms with Crippen molar-refractivity contribution < 1.29 is 14.7 Å². The number of carbonyl (C=O) groups is 2. The molecule has 1 aromatic heterocycles. The first-order chi connectivity index (χ1) is 14.2. The lowest BCUT2D eigenvalue weighted by molar-refractivity contribution is -0.141. The summed E-state index contributed by atoms with van der Waals surface area (Å²) in [5.74, 6) is -1.60. The first kappa shape index (κ1) is 23.8. The number of H-pyrrole nitrogens is 1. The number of carboxylic acid groups (broad SMARTS) is 1. The van der Waals surface area contributed by atoms with Crippen molar-refractivity contribution in [2.24, 2.45) is 0 Å². The average Bonchev–Trinajstić information content (AvgIpc) is 3.18. The Bertz CT molecular complexity index is 826. The first-order valence-corrected chi connectivity index (χ1v) is 10.4. The zero-order chi connectivity index (χ0) is 22.1. The minimum atomic E-state index is -1.11. The molecule has 1 aromatic carbocycles. The second-order valence-corrected chi connectivity index (χ2v) is 8.56. The lowest BCUT2D eigenvalue weighted by Crippen LogP contribution is -2.41. The van der Waals surface area contributed by atoms with Gasteiger partial charge in [0.25, 0.3) is 0 Å². The number of carboxylic acids is 1. The fourth-order valence-electron chi connectivity index (χ4n) is 2.90. The number of aromatic amines is 1. The van der Waals surface area contributed by atoms with E-state index >= 15 is 0 Å². The zero-order valence-corrected chi connectivity index (χ0v) is 18.4. The highest BCUT2D eigenvalue weighted by atomic mass is 35.5. The molecule has 0 aliphatic heterocycles. The van der Waals surface area contributed by atoms with Crippen LogP contribution in [0.1, 0.15) is 25.1 Å². The van der Waals surface area contributed by atoms with Crippen molar-refractivity contribution in [1.29, 1.82) is 0 Å². The summed E-state index contributed by atoms with van der Waals surface area (Å²) in [5, 5.41) is 11.8. The number of anilines is 1. The van der Waals surface area contributed by atoms with Crippen molar-refractivity contribution in [1.82, 2.24) is 15.3 Å². The number of aliphatic carboxylic acids is 1. The summed E-state index contributed by atoms with van der Waals surface area (Å²) in [7, 11) is 0. The fourth-order valence-corrected chi connectivity index (χ4v) is 3.23. The minimum absolute atomic E-state index is 0.0207. The molecule has 0 aliphatic carbocycles. The molecule has 162 valence electrons. The van der Waals surface area contributed by atoms with Gasteiger partial charge in [-0.1, -0.05) is 12.1 Å². The number of halogens is 2. The Morgan fingerprint density at radius 2 is 1.83 bits per heavy atom. The number of hydrogen-bond donors (Lipinski definition) is 3. The molecule has 2 aromatic rings. The third kappa shape index (κ3) is 8.08. The number of rotatable bonds is 11. The summed E-state index contributed by atoms with van der Waals surface area (Å²) in [4.78, 5) is 32.3. The minimum Gasteiger partial charge on any atom is -0.480 e. The maximum absolute atomic E-state index is 12.2. The number of carbonyl (C=O) groups excluding carboxylic acids is 1. The molecule has 0 aliphatic rings. The number of alkyl halides is 2. The Labute approximate surface area is 186 Å². The molecule has 0 saturated heterocycles. The van der Waals surface area contributed by atoms with Gasteiger partial charge in [-0.2, -0.15) is 0 Å². The van der Waals surface area contributed by atoms with E-state index in [1.807, 2.05) is 38.1 Å². The van der Waals surface area contributed by atoms with E-state index in [2.05, 4.69) is 20.2 Å². The van der Waals surface area contributed by atoms with Crippen LogP contribution >= 0.6 is 23.2 Å². The molecule has 9 heteroatoms. The highest BCUT2D eigenvalue weighted by molar-refractivity contribution is 6.21. The molecule has 0 radical (unpaired) electrons. The monoisotopic (exact) mass is 452 g/mol. The Kier molecular flexibility index (Phi) is 9.20. The predicted octanol–water partition coefficient (Wildman–Crippen LogP) is 3.30. The van der Waals surface area contributed by atoms with Gasteiger partial charge in [0, 0.05) is 53.9 Å². The highest BCUT2D eigenvalue weighted by Gasteiger charge is 2.20. The molecule has 30 heavy (non-hydrogen) atoms. The second kappa shape index (κ2) is 11.6. The number of hydrogen-bond acceptors (Lipinski definition) is 4. The van der Waals surface area contributed by atoms with Gasteiger partial charge in [-0.05, 0) is 37.6 Å². The van der Waals surface area contributed by atoms with Gasteiger partial charge in [0.15, 0.2) is 0 Å². The van der Waals surface area contributed by atoms with Gasteiger partial charge in [0.2, 0.25) is 5.91 Å². The van der Waals surface area contributed by atoms with Crippen LogP contribution in [0.25, 0.3) is 6.08 Å². The summed E-state index contributed by atoms with van der Waals surface area (Å²) < 4.78 is 0. The maximum atomic E-state index is 12.2. The van der Waals surface area contributed by atoms with Gasteiger partial charge in [-0.3, -0.25) is 4.79 Å². The standard InChI is InChI=1S/C21H26Cl2N4O3/c1-14(22)11-27(12-15(2)23)18-6-3-16(4-7-18)5-8-20(28)26-19(21(29)30)9-17-10-24-13-25-17/h3-8,10,13-15,19H,9,11-12H2,1-2H3,(H,24,25)(H,26,28)(H,29,30)/t14?,15?,19-/m0/s1. The van der Waals surface area contributed by atoms with Crippen LogP contribution in [0.15, 0.2) is 42.9 Å². The molecular formula is C21H26Cl2N4O3. The van der Waals surface area contributed by atoms with Gasteiger partial charge in [0.1, 0.15) is 6.04 Å². The zero-order valence-electron chi connectivity index (χ0n) is 16.9. The summed E-state index contributed by atoms with van der Waals surface area (Å²) in [6.45, 7) is 5.20. The molecule has 2 rings (SSSR count). The van der Waals surface area contributed by atoms with Crippen molar-refractivity contribution in [3.63, 3.8) is 0 Å². The van der Waals surface area contributed by atoms with Crippen molar-refractivity contribution >= 4 is 46.8 Å². The van der Waals surface area contributed by atoms with Crippen molar-refractivity contribution in [3.05, 3.63) is 54.1 Å². The average molecular weight is 453 g/mol.